The summed E-state index contributed by atoms with van der Waals surface area (Å²) in [5.41, 5.74) is 1.31. The first-order valence-corrected chi connectivity index (χ1v) is 8.22. The Morgan fingerprint density at radius 3 is 2.63 bits per heavy atom. The first kappa shape index (κ1) is 18.3. The molecular formula is C20H16FNO5. The summed E-state index contributed by atoms with van der Waals surface area (Å²) in [4.78, 5) is 35.2. The number of ketones is 1. The standard InChI is InChI=1S/C20H16FNO5/c21-14-3-6-17-16(11-14)20(26)13(10-18(23)22-17)9-12-1-4-15(5-2-12)27-8-7-19(24)25/h1-6,9,11H,7-8,10H2,(H,22,23)(H,24,25)/b13-9-. The van der Waals surface area contributed by atoms with E-state index >= 15 is 0 Å². The average Bonchev–Trinajstić information content (AvgIpc) is 2.73. The van der Waals surface area contributed by atoms with Gasteiger partial charge >= 0.3 is 5.97 Å². The summed E-state index contributed by atoms with van der Waals surface area (Å²) < 4.78 is 18.8. The average molecular weight is 369 g/mol. The van der Waals surface area contributed by atoms with Gasteiger partial charge in [-0.15, -0.1) is 0 Å². The second-order valence-corrected chi connectivity index (χ2v) is 5.97. The summed E-state index contributed by atoms with van der Waals surface area (Å²) in [5.74, 6) is -1.77. The number of aliphatic carboxylic acids is 1. The Balaban J connectivity index is 1.82. The quantitative estimate of drug-likeness (QED) is 0.789. The molecule has 0 aromatic heterocycles. The van der Waals surface area contributed by atoms with Gasteiger partial charge in [0.15, 0.2) is 5.78 Å². The zero-order valence-corrected chi connectivity index (χ0v) is 14.2. The first-order valence-electron chi connectivity index (χ1n) is 8.22. The van der Waals surface area contributed by atoms with Crippen LogP contribution in [0.15, 0.2) is 48.0 Å². The van der Waals surface area contributed by atoms with Gasteiger partial charge in [-0.05, 0) is 42.0 Å². The summed E-state index contributed by atoms with van der Waals surface area (Å²) in [7, 11) is 0. The van der Waals surface area contributed by atoms with Crippen molar-refractivity contribution in [3.8, 4) is 5.75 Å². The zero-order chi connectivity index (χ0) is 19.4. The number of rotatable bonds is 5. The number of carboxylic acid groups (broad SMARTS) is 1. The number of benzene rings is 2. The highest BCUT2D eigenvalue weighted by atomic mass is 19.1. The molecule has 2 aromatic carbocycles. The maximum absolute atomic E-state index is 13.5. The molecule has 7 heteroatoms. The third-order valence-corrected chi connectivity index (χ3v) is 3.95. The van der Waals surface area contributed by atoms with Crippen LogP contribution in [0.2, 0.25) is 0 Å². The number of amides is 1. The molecule has 1 amide bonds. The Morgan fingerprint density at radius 1 is 1.19 bits per heavy atom. The monoisotopic (exact) mass is 369 g/mol. The fourth-order valence-electron chi connectivity index (χ4n) is 2.67. The van der Waals surface area contributed by atoms with Gasteiger partial charge in [0.1, 0.15) is 11.6 Å². The molecule has 3 rings (SSSR count). The van der Waals surface area contributed by atoms with Crippen LogP contribution in [0, 0.1) is 5.82 Å². The lowest BCUT2D eigenvalue weighted by Gasteiger charge is -2.06. The van der Waals surface area contributed by atoms with E-state index in [1.54, 1.807) is 30.3 Å². The minimum atomic E-state index is -0.946. The number of hydrogen-bond acceptors (Lipinski definition) is 4. The summed E-state index contributed by atoms with van der Waals surface area (Å²) in [6, 6.07) is 10.3. The molecule has 1 aliphatic heterocycles. The molecule has 2 aromatic rings. The summed E-state index contributed by atoms with van der Waals surface area (Å²) in [6.07, 6.45) is 1.35. The van der Waals surface area contributed by atoms with Crippen molar-refractivity contribution >= 4 is 29.4 Å². The van der Waals surface area contributed by atoms with Crippen LogP contribution in [0.3, 0.4) is 0 Å². The molecule has 0 fully saturated rings. The molecule has 6 nitrogen and oxygen atoms in total. The Hall–Kier alpha value is -3.48. The van der Waals surface area contributed by atoms with E-state index in [-0.39, 0.29) is 42.2 Å². The van der Waals surface area contributed by atoms with E-state index < -0.39 is 17.6 Å². The lowest BCUT2D eigenvalue weighted by molar-refractivity contribution is -0.137. The second-order valence-electron chi connectivity index (χ2n) is 5.97. The van der Waals surface area contributed by atoms with Crippen LogP contribution in [0.4, 0.5) is 10.1 Å². The molecule has 1 aliphatic rings. The lowest BCUT2D eigenvalue weighted by Crippen LogP contribution is -2.10. The van der Waals surface area contributed by atoms with Gasteiger partial charge in [-0.2, -0.15) is 0 Å². The third-order valence-electron chi connectivity index (χ3n) is 3.95. The summed E-state index contributed by atoms with van der Waals surface area (Å²) in [6.45, 7) is 0.0524. The van der Waals surface area contributed by atoms with Crippen molar-refractivity contribution in [1.29, 1.82) is 0 Å². The molecule has 0 saturated heterocycles. The SMILES string of the molecule is O=C(O)CCOc1ccc(/C=C2/CC(=O)Nc3ccc(F)cc3C2=O)cc1. The molecule has 1 heterocycles. The molecule has 0 aliphatic carbocycles. The van der Waals surface area contributed by atoms with Gasteiger partial charge in [-0.25, -0.2) is 4.39 Å². The Kier molecular flexibility index (Phi) is 5.30. The van der Waals surface area contributed by atoms with Crippen molar-refractivity contribution in [2.45, 2.75) is 12.8 Å². The van der Waals surface area contributed by atoms with Crippen molar-refractivity contribution < 1.29 is 28.6 Å². The van der Waals surface area contributed by atoms with Crippen LogP contribution in [-0.4, -0.2) is 29.4 Å². The summed E-state index contributed by atoms with van der Waals surface area (Å²) in [5, 5.41) is 11.2. The van der Waals surface area contributed by atoms with Gasteiger partial charge in [0.25, 0.3) is 0 Å². The van der Waals surface area contributed by atoms with Gasteiger partial charge in [-0.3, -0.25) is 14.4 Å². The maximum atomic E-state index is 13.5. The van der Waals surface area contributed by atoms with Gasteiger partial charge in [0.2, 0.25) is 5.91 Å². The highest BCUT2D eigenvalue weighted by Crippen LogP contribution is 2.27. The lowest BCUT2D eigenvalue weighted by atomic mass is 9.98. The molecule has 0 atom stereocenters. The van der Waals surface area contributed by atoms with E-state index in [0.717, 1.165) is 6.07 Å². The number of carboxylic acids is 1. The van der Waals surface area contributed by atoms with Crippen LogP contribution in [-0.2, 0) is 9.59 Å². The highest BCUT2D eigenvalue weighted by Gasteiger charge is 2.24. The number of Topliss-reactive ketones (excluding diaryl/α,β-unsaturated/α-hetero) is 1. The Morgan fingerprint density at radius 2 is 1.93 bits per heavy atom. The molecule has 0 saturated carbocycles. The van der Waals surface area contributed by atoms with Crippen LogP contribution < -0.4 is 10.1 Å². The predicted molar refractivity (Wildman–Crippen MR) is 96.1 cm³/mol. The van der Waals surface area contributed by atoms with Crippen LogP contribution in [0.25, 0.3) is 6.08 Å². The zero-order valence-electron chi connectivity index (χ0n) is 14.2. The van der Waals surface area contributed by atoms with Crippen molar-refractivity contribution in [3.63, 3.8) is 0 Å². The topological polar surface area (TPSA) is 92.7 Å². The van der Waals surface area contributed by atoms with E-state index in [9.17, 15) is 18.8 Å². The molecule has 2 N–H and O–H groups in total. The number of anilines is 1. The predicted octanol–water partition coefficient (Wildman–Crippen LogP) is 3.29. The van der Waals surface area contributed by atoms with E-state index in [0.29, 0.717) is 11.3 Å². The first-order chi connectivity index (χ1) is 12.9. The number of carbonyl (C=O) groups excluding carboxylic acids is 2. The fraction of sp³-hybridized carbons (Fsp3) is 0.150. The Labute approximate surface area is 154 Å². The molecule has 27 heavy (non-hydrogen) atoms. The van der Waals surface area contributed by atoms with Crippen molar-refractivity contribution in [2.24, 2.45) is 0 Å². The van der Waals surface area contributed by atoms with Gasteiger partial charge in [0, 0.05) is 11.1 Å². The molecular weight excluding hydrogens is 353 g/mol. The number of hydrogen-bond donors (Lipinski definition) is 2. The molecule has 0 spiro atoms. The molecule has 0 radical (unpaired) electrons. The van der Waals surface area contributed by atoms with E-state index in [2.05, 4.69) is 5.32 Å². The smallest absolute Gasteiger partial charge is 0.306 e. The van der Waals surface area contributed by atoms with Crippen molar-refractivity contribution in [3.05, 3.63) is 65.0 Å². The number of fused-ring (bicyclic) bond motifs is 1. The van der Waals surface area contributed by atoms with Gasteiger partial charge < -0.3 is 15.2 Å². The molecule has 0 bridgehead atoms. The molecule has 0 unspecified atom stereocenters. The van der Waals surface area contributed by atoms with Gasteiger partial charge in [-0.1, -0.05) is 12.1 Å². The largest absolute Gasteiger partial charge is 0.493 e. The van der Waals surface area contributed by atoms with E-state index in [1.807, 2.05) is 0 Å². The summed E-state index contributed by atoms with van der Waals surface area (Å²) >= 11 is 0. The number of ether oxygens (including phenoxy) is 1. The van der Waals surface area contributed by atoms with Gasteiger partial charge in [0.05, 0.1) is 25.1 Å². The van der Waals surface area contributed by atoms with Crippen molar-refractivity contribution in [1.82, 2.24) is 0 Å². The Bertz CT molecular complexity index is 934. The van der Waals surface area contributed by atoms with Crippen molar-refractivity contribution in [2.75, 3.05) is 11.9 Å². The number of nitrogens with one attached hydrogen (secondary N) is 1. The fourth-order valence-corrected chi connectivity index (χ4v) is 2.67. The third kappa shape index (κ3) is 4.58. The molecule has 138 valence electrons. The second kappa shape index (κ2) is 7.82. The van der Waals surface area contributed by atoms with E-state index in [4.69, 9.17) is 9.84 Å². The van der Waals surface area contributed by atoms with Crippen LogP contribution in [0.5, 0.6) is 5.75 Å². The number of carbonyl (C=O) groups is 3. The normalized spacial score (nSPS) is 15.1. The number of halogens is 1. The van der Waals surface area contributed by atoms with E-state index in [1.165, 1.54) is 12.1 Å². The maximum Gasteiger partial charge on any atom is 0.306 e. The minimum Gasteiger partial charge on any atom is -0.493 e. The van der Waals surface area contributed by atoms with Crippen LogP contribution >= 0.6 is 0 Å². The minimum absolute atomic E-state index is 0.0524. The van der Waals surface area contributed by atoms with Crippen LogP contribution in [0.1, 0.15) is 28.8 Å². The highest BCUT2D eigenvalue weighted by molar-refractivity contribution is 6.20.